The lowest BCUT2D eigenvalue weighted by Gasteiger charge is -2.10. The van der Waals surface area contributed by atoms with Crippen LogP contribution in [0.5, 0.6) is 0 Å². The van der Waals surface area contributed by atoms with Crippen molar-refractivity contribution in [3.05, 3.63) is 23.4 Å². The SMILES string of the molecule is Cc1ccnc(SC(C)CCO)c1C#N. The molecule has 0 aliphatic heterocycles. The molecule has 0 saturated heterocycles. The minimum atomic E-state index is 0.169. The van der Waals surface area contributed by atoms with Gasteiger partial charge in [-0.3, -0.25) is 0 Å². The Hall–Kier alpha value is -1.05. The molecule has 0 fully saturated rings. The standard InChI is InChI=1S/C11H14N2OS/c1-8-3-5-13-11(10(8)7-12)15-9(2)4-6-14/h3,5,9,14H,4,6H2,1-2H3. The number of aromatic nitrogens is 1. The average Bonchev–Trinajstić information content (AvgIpc) is 2.18. The number of hydrogen-bond donors (Lipinski definition) is 1. The molecule has 1 aromatic rings. The van der Waals surface area contributed by atoms with Gasteiger partial charge >= 0.3 is 0 Å². The van der Waals surface area contributed by atoms with Gasteiger partial charge < -0.3 is 5.11 Å². The summed E-state index contributed by atoms with van der Waals surface area (Å²) < 4.78 is 0. The van der Waals surface area contributed by atoms with Gasteiger partial charge in [0, 0.05) is 18.1 Å². The molecule has 3 nitrogen and oxygen atoms in total. The van der Waals surface area contributed by atoms with Crippen LogP contribution in [0.2, 0.25) is 0 Å². The molecule has 0 aliphatic rings. The number of nitrogens with zero attached hydrogens (tertiary/aromatic N) is 2. The van der Waals surface area contributed by atoms with Gasteiger partial charge in [0.15, 0.2) is 0 Å². The van der Waals surface area contributed by atoms with Gasteiger partial charge in [-0.15, -0.1) is 11.8 Å². The number of hydrogen-bond acceptors (Lipinski definition) is 4. The van der Waals surface area contributed by atoms with Crippen LogP contribution in [0.4, 0.5) is 0 Å². The largest absolute Gasteiger partial charge is 0.396 e. The number of aliphatic hydroxyl groups is 1. The maximum atomic E-state index is 8.99. The third-order valence-electron chi connectivity index (χ3n) is 2.08. The van der Waals surface area contributed by atoms with E-state index in [0.29, 0.717) is 12.0 Å². The fourth-order valence-corrected chi connectivity index (χ4v) is 2.24. The molecule has 15 heavy (non-hydrogen) atoms. The molecule has 4 heteroatoms. The molecule has 1 atom stereocenters. The zero-order chi connectivity index (χ0) is 11.3. The van der Waals surface area contributed by atoms with Crippen molar-refractivity contribution < 1.29 is 5.11 Å². The predicted octanol–water partition coefficient (Wildman–Crippen LogP) is 2.12. The lowest BCUT2D eigenvalue weighted by Crippen LogP contribution is -2.01. The molecule has 0 spiro atoms. The first-order chi connectivity index (χ1) is 7.19. The van der Waals surface area contributed by atoms with Gasteiger partial charge in [0.2, 0.25) is 0 Å². The van der Waals surface area contributed by atoms with Crippen LogP contribution in [0.25, 0.3) is 0 Å². The number of thioether (sulfide) groups is 1. The van der Waals surface area contributed by atoms with Gasteiger partial charge in [-0.25, -0.2) is 4.98 Å². The maximum absolute atomic E-state index is 8.99. The Bertz CT molecular complexity index is 373. The Morgan fingerprint density at radius 1 is 1.67 bits per heavy atom. The quantitative estimate of drug-likeness (QED) is 0.793. The Balaban J connectivity index is 2.86. The van der Waals surface area contributed by atoms with E-state index < -0.39 is 0 Å². The highest BCUT2D eigenvalue weighted by molar-refractivity contribution is 7.99. The summed E-state index contributed by atoms with van der Waals surface area (Å²) in [5.74, 6) is 0. The number of pyridine rings is 1. The first kappa shape index (κ1) is 12.0. The number of aryl methyl sites for hydroxylation is 1. The summed E-state index contributed by atoms with van der Waals surface area (Å²) in [6.45, 7) is 4.09. The van der Waals surface area contributed by atoms with Gasteiger partial charge in [0.25, 0.3) is 0 Å². The normalized spacial score (nSPS) is 12.1. The molecule has 1 rings (SSSR count). The van der Waals surface area contributed by atoms with Crippen LogP contribution in [0.1, 0.15) is 24.5 Å². The molecule has 1 N–H and O–H groups in total. The third-order valence-corrected chi connectivity index (χ3v) is 3.26. The summed E-state index contributed by atoms with van der Waals surface area (Å²) in [7, 11) is 0. The summed E-state index contributed by atoms with van der Waals surface area (Å²) in [5.41, 5.74) is 1.60. The third kappa shape index (κ3) is 3.22. The summed E-state index contributed by atoms with van der Waals surface area (Å²) in [6, 6.07) is 4.00. The van der Waals surface area contributed by atoms with E-state index in [1.165, 1.54) is 11.8 Å². The zero-order valence-corrected chi connectivity index (χ0v) is 9.71. The van der Waals surface area contributed by atoms with Gasteiger partial charge in [-0.1, -0.05) is 6.92 Å². The molecular weight excluding hydrogens is 208 g/mol. The molecule has 0 amide bonds. The van der Waals surface area contributed by atoms with E-state index in [1.807, 2.05) is 19.9 Å². The lowest BCUT2D eigenvalue weighted by atomic mass is 10.2. The van der Waals surface area contributed by atoms with Crippen molar-refractivity contribution in [3.63, 3.8) is 0 Å². The summed E-state index contributed by atoms with van der Waals surface area (Å²) in [4.78, 5) is 4.19. The van der Waals surface area contributed by atoms with E-state index in [-0.39, 0.29) is 11.9 Å². The van der Waals surface area contributed by atoms with Crippen LogP contribution in [-0.4, -0.2) is 21.9 Å². The summed E-state index contributed by atoms with van der Waals surface area (Å²) in [6.07, 6.45) is 2.43. The van der Waals surface area contributed by atoms with E-state index in [0.717, 1.165) is 10.6 Å². The fourth-order valence-electron chi connectivity index (χ4n) is 1.19. The Labute approximate surface area is 94.2 Å². The predicted molar refractivity (Wildman–Crippen MR) is 60.7 cm³/mol. The number of aliphatic hydroxyl groups excluding tert-OH is 1. The minimum Gasteiger partial charge on any atom is -0.396 e. The molecular formula is C11H14N2OS. The molecule has 1 unspecified atom stereocenters. The minimum absolute atomic E-state index is 0.169. The molecule has 0 bridgehead atoms. The highest BCUT2D eigenvalue weighted by atomic mass is 32.2. The first-order valence-corrected chi connectivity index (χ1v) is 5.70. The summed E-state index contributed by atoms with van der Waals surface area (Å²) >= 11 is 1.54. The van der Waals surface area contributed by atoms with Crippen molar-refractivity contribution in [3.8, 4) is 6.07 Å². The van der Waals surface area contributed by atoms with Crippen molar-refractivity contribution in [1.29, 1.82) is 5.26 Å². The van der Waals surface area contributed by atoms with Crippen molar-refractivity contribution in [1.82, 2.24) is 4.98 Å². The highest BCUT2D eigenvalue weighted by Gasteiger charge is 2.10. The van der Waals surface area contributed by atoms with Crippen molar-refractivity contribution >= 4 is 11.8 Å². The van der Waals surface area contributed by atoms with Gasteiger partial charge in [0.05, 0.1) is 5.56 Å². The van der Waals surface area contributed by atoms with E-state index in [1.54, 1.807) is 6.20 Å². The second kappa shape index (κ2) is 5.74. The van der Waals surface area contributed by atoms with Crippen molar-refractivity contribution in [2.24, 2.45) is 0 Å². The van der Waals surface area contributed by atoms with E-state index >= 15 is 0 Å². The van der Waals surface area contributed by atoms with E-state index in [4.69, 9.17) is 10.4 Å². The van der Waals surface area contributed by atoms with Crippen molar-refractivity contribution in [2.45, 2.75) is 30.5 Å². The van der Waals surface area contributed by atoms with Crippen LogP contribution >= 0.6 is 11.8 Å². The average molecular weight is 222 g/mol. The van der Waals surface area contributed by atoms with E-state index in [9.17, 15) is 0 Å². The molecule has 0 saturated carbocycles. The second-order valence-corrected chi connectivity index (χ2v) is 4.79. The molecule has 1 heterocycles. The molecule has 0 radical (unpaired) electrons. The fraction of sp³-hybridized carbons (Fsp3) is 0.455. The number of rotatable bonds is 4. The Kier molecular flexibility index (Phi) is 4.60. The molecule has 80 valence electrons. The molecule has 1 aromatic heterocycles. The van der Waals surface area contributed by atoms with Crippen molar-refractivity contribution in [2.75, 3.05) is 6.61 Å². The molecule has 0 aromatic carbocycles. The summed E-state index contributed by atoms with van der Waals surface area (Å²) in [5, 5.41) is 18.8. The molecule has 0 aliphatic carbocycles. The first-order valence-electron chi connectivity index (χ1n) is 4.82. The Morgan fingerprint density at radius 3 is 3.00 bits per heavy atom. The van der Waals surface area contributed by atoms with Crippen LogP contribution in [0.15, 0.2) is 17.3 Å². The Morgan fingerprint density at radius 2 is 2.40 bits per heavy atom. The van der Waals surface area contributed by atoms with Crippen LogP contribution in [0, 0.1) is 18.3 Å². The zero-order valence-electron chi connectivity index (χ0n) is 8.90. The van der Waals surface area contributed by atoms with Gasteiger partial charge in [0.1, 0.15) is 11.1 Å². The second-order valence-electron chi connectivity index (χ2n) is 3.36. The smallest absolute Gasteiger partial charge is 0.114 e. The van der Waals surface area contributed by atoms with E-state index in [2.05, 4.69) is 11.1 Å². The maximum Gasteiger partial charge on any atom is 0.114 e. The van der Waals surface area contributed by atoms with Crippen LogP contribution < -0.4 is 0 Å². The van der Waals surface area contributed by atoms with Gasteiger partial charge in [-0.05, 0) is 25.0 Å². The highest BCUT2D eigenvalue weighted by Crippen LogP contribution is 2.27. The lowest BCUT2D eigenvalue weighted by molar-refractivity contribution is 0.289. The van der Waals surface area contributed by atoms with Gasteiger partial charge in [-0.2, -0.15) is 5.26 Å². The van der Waals surface area contributed by atoms with Crippen LogP contribution in [-0.2, 0) is 0 Å². The number of nitriles is 1. The topological polar surface area (TPSA) is 56.9 Å². The van der Waals surface area contributed by atoms with Crippen LogP contribution in [0.3, 0.4) is 0 Å². The monoisotopic (exact) mass is 222 g/mol.